The van der Waals surface area contributed by atoms with Gasteiger partial charge in [-0.25, -0.2) is 5.01 Å². The highest BCUT2D eigenvalue weighted by molar-refractivity contribution is 5.69. The summed E-state index contributed by atoms with van der Waals surface area (Å²) in [4.78, 5) is 12.1. The van der Waals surface area contributed by atoms with Crippen molar-refractivity contribution in [3.8, 4) is 0 Å². The molecule has 1 saturated heterocycles. The Morgan fingerprint density at radius 3 is 2.36 bits per heavy atom. The smallest absolute Gasteiger partial charge is 0.317 e. The monoisotopic (exact) mass is 159 g/mol. The van der Waals surface area contributed by atoms with Crippen LogP contribution in [-0.2, 0) is 4.79 Å². The van der Waals surface area contributed by atoms with E-state index in [9.17, 15) is 4.79 Å². The van der Waals surface area contributed by atoms with Gasteiger partial charge in [0.25, 0.3) is 0 Å². The Labute approximate surface area is 65.3 Å². The first kappa shape index (κ1) is 8.45. The molecule has 0 aromatic heterocycles. The lowest BCUT2D eigenvalue weighted by molar-refractivity contribution is -0.138. The van der Waals surface area contributed by atoms with Crippen molar-refractivity contribution < 1.29 is 9.90 Å². The molecular weight excluding hydrogens is 146 g/mol. The third-order valence-corrected chi connectivity index (χ3v) is 1.77. The van der Waals surface area contributed by atoms with E-state index >= 15 is 0 Å². The Bertz CT molecular complexity index is 143. The van der Waals surface area contributed by atoms with Crippen LogP contribution in [0.4, 0.5) is 0 Å². The van der Waals surface area contributed by atoms with E-state index < -0.39 is 5.97 Å². The number of hydrazine groups is 1. The maximum atomic E-state index is 10.3. The Kier molecular flexibility index (Phi) is 2.81. The molecule has 1 fully saturated rings. The van der Waals surface area contributed by atoms with Gasteiger partial charge in [0, 0.05) is 26.2 Å². The standard InChI is InChI=1S/C6H13N3O2/c7-9-3-1-8(2-4-9)5-6(10)11/h1-5,7H2,(H,10,11). The molecule has 1 heterocycles. The van der Waals surface area contributed by atoms with Gasteiger partial charge >= 0.3 is 5.97 Å². The van der Waals surface area contributed by atoms with E-state index in [0.717, 1.165) is 26.2 Å². The molecule has 3 N–H and O–H groups in total. The van der Waals surface area contributed by atoms with Crippen LogP contribution in [0.25, 0.3) is 0 Å². The van der Waals surface area contributed by atoms with Gasteiger partial charge in [-0.3, -0.25) is 15.5 Å². The number of nitrogens with zero attached hydrogens (tertiary/aromatic N) is 2. The van der Waals surface area contributed by atoms with Gasteiger partial charge in [0.15, 0.2) is 0 Å². The van der Waals surface area contributed by atoms with Crippen molar-refractivity contribution >= 4 is 5.97 Å². The summed E-state index contributed by atoms with van der Waals surface area (Å²) in [6, 6.07) is 0. The van der Waals surface area contributed by atoms with E-state index in [-0.39, 0.29) is 6.54 Å². The van der Waals surface area contributed by atoms with E-state index in [4.69, 9.17) is 10.9 Å². The topological polar surface area (TPSA) is 69.8 Å². The average molecular weight is 159 g/mol. The molecular formula is C6H13N3O2. The van der Waals surface area contributed by atoms with Crippen molar-refractivity contribution in [3.05, 3.63) is 0 Å². The zero-order valence-corrected chi connectivity index (χ0v) is 6.36. The van der Waals surface area contributed by atoms with Gasteiger partial charge in [-0.05, 0) is 0 Å². The molecule has 0 atom stereocenters. The van der Waals surface area contributed by atoms with Gasteiger partial charge in [0.1, 0.15) is 0 Å². The highest BCUT2D eigenvalue weighted by Gasteiger charge is 2.15. The molecule has 0 bridgehead atoms. The number of carboxylic acid groups (broad SMARTS) is 1. The number of piperazine rings is 1. The lowest BCUT2D eigenvalue weighted by Gasteiger charge is -2.30. The quantitative estimate of drug-likeness (QED) is 0.483. The minimum atomic E-state index is -0.768. The Morgan fingerprint density at radius 2 is 1.91 bits per heavy atom. The number of rotatable bonds is 2. The molecule has 0 aliphatic carbocycles. The van der Waals surface area contributed by atoms with Gasteiger partial charge in [-0.15, -0.1) is 0 Å². The number of carbonyl (C=O) groups is 1. The maximum Gasteiger partial charge on any atom is 0.317 e. The van der Waals surface area contributed by atoms with Gasteiger partial charge in [-0.1, -0.05) is 0 Å². The van der Waals surface area contributed by atoms with Crippen LogP contribution in [0.15, 0.2) is 0 Å². The summed E-state index contributed by atoms with van der Waals surface area (Å²) in [5.74, 6) is 4.72. The summed E-state index contributed by atoms with van der Waals surface area (Å²) in [6.07, 6.45) is 0. The fourth-order valence-electron chi connectivity index (χ4n) is 1.11. The molecule has 5 nitrogen and oxygen atoms in total. The Morgan fingerprint density at radius 1 is 1.36 bits per heavy atom. The number of aliphatic carboxylic acids is 1. The zero-order valence-electron chi connectivity index (χ0n) is 6.36. The summed E-state index contributed by atoms with van der Waals surface area (Å²) in [5, 5.41) is 10.2. The van der Waals surface area contributed by atoms with Gasteiger partial charge in [0.2, 0.25) is 0 Å². The van der Waals surface area contributed by atoms with E-state index in [1.165, 1.54) is 0 Å². The first-order chi connectivity index (χ1) is 5.18. The first-order valence-corrected chi connectivity index (χ1v) is 3.62. The molecule has 1 rings (SSSR count). The molecule has 1 aliphatic heterocycles. The molecule has 0 amide bonds. The average Bonchev–Trinajstić information content (AvgIpc) is 1.93. The summed E-state index contributed by atoms with van der Waals surface area (Å²) < 4.78 is 0. The van der Waals surface area contributed by atoms with Crippen molar-refractivity contribution in [1.29, 1.82) is 0 Å². The number of hydrogen-bond acceptors (Lipinski definition) is 4. The second-order valence-electron chi connectivity index (χ2n) is 2.71. The molecule has 0 saturated carbocycles. The second kappa shape index (κ2) is 3.66. The lowest BCUT2D eigenvalue weighted by Crippen LogP contribution is -2.50. The van der Waals surface area contributed by atoms with E-state index in [2.05, 4.69) is 0 Å². The largest absolute Gasteiger partial charge is 0.480 e. The zero-order chi connectivity index (χ0) is 8.27. The lowest BCUT2D eigenvalue weighted by atomic mass is 10.3. The van der Waals surface area contributed by atoms with E-state index in [0.29, 0.717) is 0 Å². The molecule has 0 spiro atoms. The summed E-state index contributed by atoms with van der Waals surface area (Å²) in [5.41, 5.74) is 0. The third-order valence-electron chi connectivity index (χ3n) is 1.77. The first-order valence-electron chi connectivity index (χ1n) is 3.62. The van der Waals surface area contributed by atoms with Gasteiger partial charge in [0.05, 0.1) is 6.54 Å². The van der Waals surface area contributed by atoms with Gasteiger partial charge in [-0.2, -0.15) is 0 Å². The van der Waals surface area contributed by atoms with Crippen molar-refractivity contribution in [2.75, 3.05) is 32.7 Å². The highest BCUT2D eigenvalue weighted by atomic mass is 16.4. The minimum Gasteiger partial charge on any atom is -0.480 e. The van der Waals surface area contributed by atoms with Crippen molar-refractivity contribution in [2.45, 2.75) is 0 Å². The second-order valence-corrected chi connectivity index (χ2v) is 2.71. The van der Waals surface area contributed by atoms with Crippen LogP contribution in [0.3, 0.4) is 0 Å². The van der Waals surface area contributed by atoms with Crippen LogP contribution in [0.5, 0.6) is 0 Å². The molecule has 64 valence electrons. The fourth-order valence-corrected chi connectivity index (χ4v) is 1.11. The van der Waals surface area contributed by atoms with Crippen molar-refractivity contribution in [1.82, 2.24) is 9.91 Å². The van der Waals surface area contributed by atoms with Crippen LogP contribution >= 0.6 is 0 Å². The van der Waals surface area contributed by atoms with Gasteiger partial charge < -0.3 is 5.11 Å². The molecule has 1 aliphatic rings. The predicted octanol–water partition coefficient (Wildman–Crippen LogP) is -1.44. The summed E-state index contributed by atoms with van der Waals surface area (Å²) in [6.45, 7) is 3.15. The SMILES string of the molecule is NN1CCN(CC(=O)O)CC1. The number of hydrogen-bond donors (Lipinski definition) is 2. The summed E-state index contributed by atoms with van der Waals surface area (Å²) in [7, 11) is 0. The minimum absolute atomic E-state index is 0.133. The molecule has 0 unspecified atom stereocenters. The Balaban J connectivity index is 2.22. The molecule has 0 aromatic carbocycles. The van der Waals surface area contributed by atoms with Crippen LogP contribution in [0.1, 0.15) is 0 Å². The molecule has 11 heavy (non-hydrogen) atoms. The fraction of sp³-hybridized carbons (Fsp3) is 0.833. The maximum absolute atomic E-state index is 10.3. The normalized spacial score (nSPS) is 21.9. The number of carboxylic acids is 1. The van der Waals surface area contributed by atoms with Crippen LogP contribution in [0, 0.1) is 0 Å². The molecule has 0 radical (unpaired) electrons. The Hall–Kier alpha value is -0.650. The van der Waals surface area contributed by atoms with Crippen molar-refractivity contribution in [2.24, 2.45) is 5.84 Å². The van der Waals surface area contributed by atoms with Crippen LogP contribution < -0.4 is 5.84 Å². The van der Waals surface area contributed by atoms with Crippen LogP contribution in [-0.4, -0.2) is 53.7 Å². The summed E-state index contributed by atoms with van der Waals surface area (Å²) >= 11 is 0. The van der Waals surface area contributed by atoms with Crippen LogP contribution in [0.2, 0.25) is 0 Å². The molecule has 0 aromatic rings. The number of nitrogens with two attached hydrogens (primary N) is 1. The highest BCUT2D eigenvalue weighted by Crippen LogP contribution is 1.95. The predicted molar refractivity (Wildman–Crippen MR) is 39.8 cm³/mol. The van der Waals surface area contributed by atoms with E-state index in [1.54, 1.807) is 5.01 Å². The van der Waals surface area contributed by atoms with Crippen molar-refractivity contribution in [3.63, 3.8) is 0 Å². The molecule has 5 heteroatoms. The third kappa shape index (κ3) is 2.83. The van der Waals surface area contributed by atoms with E-state index in [1.807, 2.05) is 4.90 Å².